The predicted molar refractivity (Wildman–Crippen MR) is 259 cm³/mol. The maximum Gasteiger partial charge on any atom is 0.135 e. The Bertz CT molecular complexity index is 2930. The molecule has 324 valence electrons. The summed E-state index contributed by atoms with van der Waals surface area (Å²) in [6.45, 7) is 27.3. The third-order valence-electron chi connectivity index (χ3n) is 12.5. The van der Waals surface area contributed by atoms with Crippen molar-refractivity contribution in [3.05, 3.63) is 186 Å². The first-order valence-corrected chi connectivity index (χ1v) is 21.8. The van der Waals surface area contributed by atoms with Crippen LogP contribution in [-0.2, 0) is 42.7 Å². The van der Waals surface area contributed by atoms with Crippen LogP contribution in [0.2, 0.25) is 0 Å². The number of ether oxygens (including phenoxy) is 1. The molecule has 1 aliphatic rings. The van der Waals surface area contributed by atoms with Crippen LogP contribution >= 0.6 is 0 Å². The van der Waals surface area contributed by atoms with Crippen LogP contribution in [0.4, 0.5) is 22.7 Å². The van der Waals surface area contributed by atoms with Crippen molar-refractivity contribution in [3.8, 4) is 17.3 Å². The number of hydrogen-bond donors (Lipinski definition) is 0. The van der Waals surface area contributed by atoms with Gasteiger partial charge in [-0.05, 0) is 91.9 Å². The molecule has 1 aliphatic heterocycles. The minimum absolute atomic E-state index is 0. The van der Waals surface area contributed by atoms with Gasteiger partial charge < -0.3 is 19.1 Å². The molecular weight excluding hydrogens is 952 g/mol. The van der Waals surface area contributed by atoms with E-state index in [2.05, 4.69) is 225 Å². The number of nitrogens with zero attached hydrogens (tertiary/aromatic N) is 4. The Kier molecular flexibility index (Phi) is 11.3. The zero-order valence-corrected chi connectivity index (χ0v) is 40.6. The van der Waals surface area contributed by atoms with E-state index < -0.39 is 0 Å². The van der Waals surface area contributed by atoms with Gasteiger partial charge >= 0.3 is 0 Å². The van der Waals surface area contributed by atoms with Crippen molar-refractivity contribution in [2.75, 3.05) is 9.80 Å². The number of pyridine rings is 1. The van der Waals surface area contributed by atoms with E-state index >= 15 is 0 Å². The van der Waals surface area contributed by atoms with Gasteiger partial charge in [0.05, 0.1) is 0 Å². The van der Waals surface area contributed by atoms with Crippen molar-refractivity contribution in [2.24, 2.45) is 0 Å². The van der Waals surface area contributed by atoms with Crippen LogP contribution in [0, 0.1) is 18.8 Å². The second-order valence-electron chi connectivity index (χ2n) is 20.4. The second kappa shape index (κ2) is 16.2. The molecule has 0 saturated carbocycles. The molecule has 0 atom stereocenters. The van der Waals surface area contributed by atoms with Gasteiger partial charge in [0.1, 0.15) is 5.82 Å². The number of rotatable bonds is 7. The molecule has 6 aromatic carbocycles. The Morgan fingerprint density at radius 2 is 1.17 bits per heavy atom. The molecule has 5 nitrogen and oxygen atoms in total. The van der Waals surface area contributed by atoms with Gasteiger partial charge in [0.25, 0.3) is 0 Å². The Morgan fingerprint density at radius 3 is 1.87 bits per heavy atom. The molecule has 0 spiro atoms. The number of fused-ring (bicyclic) bond motifs is 4. The van der Waals surface area contributed by atoms with Crippen LogP contribution < -0.4 is 14.5 Å². The molecule has 8 aromatic rings. The van der Waals surface area contributed by atoms with Crippen molar-refractivity contribution >= 4 is 44.6 Å². The van der Waals surface area contributed by atoms with Crippen molar-refractivity contribution < 1.29 is 25.8 Å². The van der Waals surface area contributed by atoms with Crippen LogP contribution in [0.3, 0.4) is 0 Å². The van der Waals surface area contributed by atoms with E-state index in [4.69, 9.17) is 9.72 Å². The number of benzene rings is 6. The zero-order chi connectivity index (χ0) is 43.8. The second-order valence-corrected chi connectivity index (χ2v) is 20.4. The number of para-hydroxylation sites is 1. The predicted octanol–water partition coefficient (Wildman–Crippen LogP) is 15.2. The average molecular weight is 1010 g/mol. The molecule has 0 amide bonds. The summed E-state index contributed by atoms with van der Waals surface area (Å²) in [7, 11) is 0. The zero-order valence-electron chi connectivity index (χ0n) is 38.4. The number of anilines is 4. The van der Waals surface area contributed by atoms with Gasteiger partial charge in [-0.2, -0.15) is 12.1 Å². The van der Waals surface area contributed by atoms with Gasteiger partial charge in [-0.15, -0.1) is 48.1 Å². The van der Waals surface area contributed by atoms with Gasteiger partial charge in [0.15, 0.2) is 0 Å². The van der Waals surface area contributed by atoms with Crippen molar-refractivity contribution in [1.29, 1.82) is 0 Å². The third kappa shape index (κ3) is 8.33. The average Bonchev–Trinajstić information content (AvgIpc) is 3.79. The molecule has 2 aromatic heterocycles. The summed E-state index contributed by atoms with van der Waals surface area (Å²) in [6.07, 6.45) is 1.92. The normalized spacial score (nSPS) is 13.4. The first-order chi connectivity index (χ1) is 29.4. The molecule has 3 heterocycles. The van der Waals surface area contributed by atoms with Crippen molar-refractivity contribution in [1.82, 2.24) is 9.55 Å². The van der Waals surface area contributed by atoms with Gasteiger partial charge in [0, 0.05) is 66.8 Å². The topological polar surface area (TPSA) is 33.5 Å². The maximum atomic E-state index is 6.69. The van der Waals surface area contributed by atoms with Crippen LogP contribution in [0.5, 0.6) is 11.5 Å². The minimum Gasteiger partial charge on any atom is -0.509 e. The van der Waals surface area contributed by atoms with Crippen LogP contribution in [-0.4, -0.2) is 9.55 Å². The van der Waals surface area contributed by atoms with Gasteiger partial charge in [-0.25, -0.2) is 4.98 Å². The molecule has 0 saturated heterocycles. The van der Waals surface area contributed by atoms with E-state index in [0.717, 1.165) is 50.4 Å². The Balaban J connectivity index is 0.00000544. The molecule has 63 heavy (non-hydrogen) atoms. The van der Waals surface area contributed by atoms with Gasteiger partial charge in [-0.3, -0.25) is 0 Å². The van der Waals surface area contributed by atoms with E-state index in [1.165, 1.54) is 27.8 Å². The standard InChI is InChI=1S/C57H57N4O.Pt/c1-54(2,3)39-24-27-50-52(33-39)59(37-60(50)44-31-41(55(4,5)6)30-42(32-44)56(7,8)9)43-20-17-21-45(35-43)62-46-25-26-48-47-22-15-16-23-49(47)61(51(48)36-46)53-34-40(28-29-58-53)57(10,11)38-18-13-12-14-19-38;/h12-34,37H,1-11H3;/q-3;. The third-order valence-corrected chi connectivity index (χ3v) is 12.5. The summed E-state index contributed by atoms with van der Waals surface area (Å²) in [5.74, 6) is 2.05. The summed E-state index contributed by atoms with van der Waals surface area (Å²) in [4.78, 5) is 9.52. The smallest absolute Gasteiger partial charge is 0.135 e. The summed E-state index contributed by atoms with van der Waals surface area (Å²) < 4.78 is 8.90. The molecule has 0 unspecified atom stereocenters. The Morgan fingerprint density at radius 1 is 0.508 bits per heavy atom. The van der Waals surface area contributed by atoms with Crippen molar-refractivity contribution in [3.63, 3.8) is 0 Å². The molecular formula is C57H57N4OPt-3. The summed E-state index contributed by atoms with van der Waals surface area (Å²) in [6, 6.07) is 55.0. The molecule has 0 radical (unpaired) electrons. The first-order valence-electron chi connectivity index (χ1n) is 21.8. The maximum absolute atomic E-state index is 6.69. The number of aromatic nitrogens is 2. The largest absolute Gasteiger partial charge is 0.509 e. The Labute approximate surface area is 389 Å². The molecule has 0 bridgehead atoms. The van der Waals surface area contributed by atoms with Gasteiger partial charge in [0.2, 0.25) is 0 Å². The Hall–Kier alpha value is -5.64. The van der Waals surface area contributed by atoms with E-state index in [1.54, 1.807) is 0 Å². The van der Waals surface area contributed by atoms with Crippen LogP contribution in [0.25, 0.3) is 27.6 Å². The SMILES string of the molecule is CC(C)(C)c1cc(N2[CH-]N(c3[c-]c(Oc4[c-]c5c(cc4)c4ccccc4n5-c4cc(C(C)(C)c5ccccc5)ccn4)ccc3)c3cc(C(C)(C)C)ccc32)cc(C(C)(C)C)c1.[Pt]. The molecule has 9 rings (SSSR count). The van der Waals surface area contributed by atoms with Crippen LogP contribution in [0.1, 0.15) is 104 Å². The van der Waals surface area contributed by atoms with E-state index in [0.29, 0.717) is 11.5 Å². The molecule has 0 fully saturated rings. The van der Waals surface area contributed by atoms with Crippen molar-refractivity contribution in [2.45, 2.75) is 97.8 Å². The summed E-state index contributed by atoms with van der Waals surface area (Å²) >= 11 is 0. The van der Waals surface area contributed by atoms with E-state index in [9.17, 15) is 0 Å². The fraction of sp³-hybridized carbons (Fsp3) is 0.263. The van der Waals surface area contributed by atoms with E-state index in [1.807, 2.05) is 24.4 Å². The molecule has 6 heteroatoms. The molecule has 0 aliphatic carbocycles. The molecule has 0 N–H and O–H groups in total. The fourth-order valence-electron chi connectivity index (χ4n) is 8.52. The van der Waals surface area contributed by atoms with Gasteiger partial charge in [-0.1, -0.05) is 142 Å². The van der Waals surface area contributed by atoms with E-state index in [-0.39, 0.29) is 42.7 Å². The summed E-state index contributed by atoms with van der Waals surface area (Å²) in [5, 5.41) is 2.22. The van der Waals surface area contributed by atoms with Crippen LogP contribution in [0.15, 0.2) is 140 Å². The number of hydrogen-bond acceptors (Lipinski definition) is 4. The monoisotopic (exact) mass is 1010 g/mol. The summed E-state index contributed by atoms with van der Waals surface area (Å²) in [5.41, 5.74) is 12.3. The fourth-order valence-corrected chi connectivity index (χ4v) is 8.52. The minimum atomic E-state index is -0.221. The quantitative estimate of drug-likeness (QED) is 0.149. The first kappa shape index (κ1) is 44.0.